The summed E-state index contributed by atoms with van der Waals surface area (Å²) in [7, 11) is 0. The minimum absolute atomic E-state index is 0.652. The Morgan fingerprint density at radius 1 is 0.763 bits per heavy atom. The van der Waals surface area contributed by atoms with E-state index >= 15 is 0 Å². The third kappa shape index (κ3) is 5.71. The van der Waals surface area contributed by atoms with E-state index in [1.54, 1.807) is 0 Å². The number of pyridine rings is 2. The number of fused-ring (bicyclic) bond motifs is 2. The average Bonchev–Trinajstić information content (AvgIpc) is 3.65. The predicted octanol–water partition coefficient (Wildman–Crippen LogP) is 9.76. The number of imidazole rings is 1. The van der Waals surface area contributed by atoms with Crippen molar-refractivity contribution >= 4 is 81.6 Å². The molecule has 0 aliphatic carbocycles. The van der Waals surface area contributed by atoms with Crippen molar-refractivity contribution in [3.05, 3.63) is 83.6 Å². The average molecular weight is 611 g/mol. The molecule has 0 radical (unpaired) electrons. The van der Waals surface area contributed by atoms with Crippen LogP contribution in [-0.4, -0.2) is 31.0 Å². The van der Waals surface area contributed by atoms with E-state index in [-0.39, 0.29) is 0 Å². The lowest BCUT2D eigenvalue weighted by molar-refractivity contribution is 0.802. The van der Waals surface area contributed by atoms with Gasteiger partial charge in [-0.25, -0.2) is 4.98 Å². The fraction of sp³-hybridized carbons (Fsp3) is 0.250. The first-order valence-electron chi connectivity index (χ1n) is 12.5. The third-order valence-electron chi connectivity index (χ3n) is 5.74. The molecule has 3 aromatic heterocycles. The largest absolute Gasteiger partial charge is 0.317 e. The molecule has 4 aromatic rings. The van der Waals surface area contributed by atoms with E-state index in [9.17, 15) is 0 Å². The monoisotopic (exact) mass is 610 g/mol. The highest BCUT2D eigenvalue weighted by Gasteiger charge is 2.30. The molecule has 1 aromatic carbocycles. The molecule has 4 nitrogen and oxygen atoms in total. The standard InChI is InChI=1S/C28H26N4S6/c1-3-13-33-25-26(34-14-4-2)38-28(37-25)27-35-22-15-20-21(16-23(22)36-27)32(17-18-9-5-7-11-29-18)24(31-20)19-10-6-8-12-30-19/h5-12,15-16H,3-4,13-14,17H2,1-2H3. The van der Waals surface area contributed by atoms with Gasteiger partial charge in [-0.15, -0.1) is 23.5 Å². The van der Waals surface area contributed by atoms with Gasteiger partial charge in [0, 0.05) is 22.2 Å². The van der Waals surface area contributed by atoms with Crippen molar-refractivity contribution in [2.24, 2.45) is 0 Å². The van der Waals surface area contributed by atoms with E-state index in [0.717, 1.165) is 28.2 Å². The van der Waals surface area contributed by atoms with Crippen LogP contribution < -0.4 is 0 Å². The number of hydrogen-bond acceptors (Lipinski definition) is 9. The van der Waals surface area contributed by atoms with Crippen LogP contribution in [0.3, 0.4) is 0 Å². The maximum Gasteiger partial charge on any atom is 0.160 e. The van der Waals surface area contributed by atoms with E-state index in [0.29, 0.717) is 6.54 Å². The number of benzene rings is 1. The lowest BCUT2D eigenvalue weighted by Gasteiger charge is -2.09. The van der Waals surface area contributed by atoms with Gasteiger partial charge in [0.25, 0.3) is 0 Å². The van der Waals surface area contributed by atoms with Crippen molar-refractivity contribution in [1.29, 1.82) is 0 Å². The number of aromatic nitrogens is 4. The maximum atomic E-state index is 5.08. The summed E-state index contributed by atoms with van der Waals surface area (Å²) in [6, 6.07) is 16.6. The molecule has 5 heterocycles. The minimum Gasteiger partial charge on any atom is -0.317 e. The van der Waals surface area contributed by atoms with Crippen molar-refractivity contribution in [2.45, 2.75) is 43.0 Å². The summed E-state index contributed by atoms with van der Waals surface area (Å²) in [6.07, 6.45) is 6.08. The Kier molecular flexibility index (Phi) is 8.73. The zero-order valence-corrected chi connectivity index (χ0v) is 25.9. The number of rotatable bonds is 9. The van der Waals surface area contributed by atoms with E-state index in [1.807, 2.05) is 113 Å². The van der Waals surface area contributed by atoms with E-state index < -0.39 is 0 Å². The van der Waals surface area contributed by atoms with E-state index in [4.69, 9.17) is 4.98 Å². The number of hydrogen-bond donors (Lipinski definition) is 0. The van der Waals surface area contributed by atoms with Crippen molar-refractivity contribution in [1.82, 2.24) is 19.5 Å². The SMILES string of the molecule is CCCSC1=C(SCCC)SC(=C2Sc3cc4nc(-c5ccccn5)n(Cc5ccccn5)c4cc3S2)S1. The van der Waals surface area contributed by atoms with Gasteiger partial charge in [0.05, 0.1) is 40.2 Å². The van der Waals surface area contributed by atoms with Gasteiger partial charge in [-0.3, -0.25) is 9.97 Å². The summed E-state index contributed by atoms with van der Waals surface area (Å²) in [5.74, 6) is 3.24. The second kappa shape index (κ2) is 12.4. The second-order valence-electron chi connectivity index (χ2n) is 8.60. The smallest absolute Gasteiger partial charge is 0.160 e. The predicted molar refractivity (Wildman–Crippen MR) is 173 cm³/mol. The zero-order chi connectivity index (χ0) is 25.9. The van der Waals surface area contributed by atoms with Gasteiger partial charge in [-0.1, -0.05) is 73.0 Å². The lowest BCUT2D eigenvalue weighted by atomic mass is 10.3. The fourth-order valence-electron chi connectivity index (χ4n) is 4.02. The summed E-state index contributed by atoms with van der Waals surface area (Å²) in [5.41, 5.74) is 4.01. The number of thioether (sulfide) groups is 6. The highest BCUT2D eigenvalue weighted by molar-refractivity contribution is 8.42. The highest BCUT2D eigenvalue weighted by Crippen LogP contribution is 2.64. The summed E-state index contributed by atoms with van der Waals surface area (Å²) in [4.78, 5) is 16.9. The number of nitrogens with zero attached hydrogens (tertiary/aromatic N) is 4. The summed E-state index contributed by atoms with van der Waals surface area (Å²) in [6.45, 7) is 5.17. The fourth-order valence-corrected chi connectivity index (χ4v) is 12.6. The first-order valence-corrected chi connectivity index (χ1v) is 17.8. The van der Waals surface area contributed by atoms with Crippen LogP contribution in [0.15, 0.2) is 87.7 Å². The van der Waals surface area contributed by atoms with Crippen molar-refractivity contribution in [3.8, 4) is 11.5 Å². The van der Waals surface area contributed by atoms with Gasteiger partial charge in [0.2, 0.25) is 0 Å². The molecular weight excluding hydrogens is 585 g/mol. The summed E-state index contributed by atoms with van der Waals surface area (Å²) in [5, 5.41) is 0. The van der Waals surface area contributed by atoms with Gasteiger partial charge in [-0.05, 0) is 60.7 Å². The molecule has 6 rings (SSSR count). The maximum absolute atomic E-state index is 5.08. The molecule has 2 aliphatic heterocycles. The quantitative estimate of drug-likeness (QED) is 0.184. The van der Waals surface area contributed by atoms with Crippen LogP contribution in [-0.2, 0) is 6.54 Å². The van der Waals surface area contributed by atoms with Gasteiger partial charge in [0.1, 0.15) is 5.69 Å². The van der Waals surface area contributed by atoms with Gasteiger partial charge < -0.3 is 4.57 Å². The minimum atomic E-state index is 0.652. The van der Waals surface area contributed by atoms with E-state index in [2.05, 4.69) is 46.6 Å². The lowest BCUT2D eigenvalue weighted by Crippen LogP contribution is -2.04. The second-order valence-corrected chi connectivity index (χ2v) is 16.0. The molecular formula is C28H26N4S6. The Labute approximate surface area is 249 Å². The molecule has 0 bridgehead atoms. The first kappa shape index (κ1) is 26.8. The molecule has 0 atom stereocenters. The van der Waals surface area contributed by atoms with Crippen LogP contribution in [0.5, 0.6) is 0 Å². The van der Waals surface area contributed by atoms with Crippen molar-refractivity contribution < 1.29 is 0 Å². The highest BCUT2D eigenvalue weighted by atomic mass is 32.3. The van der Waals surface area contributed by atoms with Crippen LogP contribution in [0.2, 0.25) is 0 Å². The van der Waals surface area contributed by atoms with Crippen LogP contribution >= 0.6 is 70.6 Å². The molecule has 0 saturated heterocycles. The molecule has 0 fully saturated rings. The Hall–Kier alpha value is -1.43. The summed E-state index contributed by atoms with van der Waals surface area (Å²) < 4.78 is 8.06. The van der Waals surface area contributed by atoms with Crippen LogP contribution in [0.1, 0.15) is 32.4 Å². The Morgan fingerprint density at radius 2 is 1.42 bits per heavy atom. The molecule has 38 heavy (non-hydrogen) atoms. The van der Waals surface area contributed by atoms with Crippen molar-refractivity contribution in [2.75, 3.05) is 11.5 Å². The Balaban J connectivity index is 1.34. The normalized spacial score (nSPS) is 15.2. The molecule has 0 unspecified atom stereocenters. The zero-order valence-electron chi connectivity index (χ0n) is 21.0. The Bertz CT molecular complexity index is 1490. The molecule has 0 saturated carbocycles. The molecule has 0 amide bonds. The topological polar surface area (TPSA) is 43.6 Å². The first-order chi connectivity index (χ1) is 18.7. The molecule has 0 spiro atoms. The van der Waals surface area contributed by atoms with Crippen LogP contribution in [0, 0.1) is 0 Å². The molecule has 0 N–H and O–H groups in total. The van der Waals surface area contributed by atoms with Gasteiger partial charge in [-0.2, -0.15) is 0 Å². The molecule has 10 heteroatoms. The van der Waals surface area contributed by atoms with Crippen molar-refractivity contribution in [3.63, 3.8) is 0 Å². The van der Waals surface area contributed by atoms with Gasteiger partial charge in [0.15, 0.2) is 5.82 Å². The third-order valence-corrected chi connectivity index (χ3v) is 14.7. The summed E-state index contributed by atoms with van der Waals surface area (Å²) >= 11 is 11.8. The van der Waals surface area contributed by atoms with Gasteiger partial charge >= 0.3 is 0 Å². The van der Waals surface area contributed by atoms with E-state index in [1.165, 1.54) is 51.1 Å². The molecule has 194 valence electrons. The van der Waals surface area contributed by atoms with Crippen LogP contribution in [0.4, 0.5) is 0 Å². The molecule has 2 aliphatic rings. The van der Waals surface area contributed by atoms with Crippen LogP contribution in [0.25, 0.3) is 22.6 Å². The Morgan fingerprint density at radius 3 is 2.05 bits per heavy atom.